The van der Waals surface area contributed by atoms with Crippen LogP contribution in [0, 0.1) is 5.92 Å². The van der Waals surface area contributed by atoms with Gasteiger partial charge in [0.15, 0.2) is 0 Å². The Morgan fingerprint density at radius 1 is 1.43 bits per heavy atom. The lowest BCUT2D eigenvalue weighted by molar-refractivity contribution is -0.120. The highest BCUT2D eigenvalue weighted by molar-refractivity contribution is 5.79. The normalized spacial score (nSPS) is 20.8. The molecular formula is C15H17F2NO3. The number of rotatable bonds is 6. The summed E-state index contributed by atoms with van der Waals surface area (Å²) in [5, 5.41) is 11.8. The number of aliphatic hydroxyl groups excluding tert-OH is 1. The molecule has 0 unspecified atom stereocenters. The summed E-state index contributed by atoms with van der Waals surface area (Å²) in [7, 11) is 0. The van der Waals surface area contributed by atoms with E-state index in [4.69, 9.17) is 5.11 Å². The van der Waals surface area contributed by atoms with Gasteiger partial charge in [0.25, 0.3) is 0 Å². The molecule has 1 amide bonds. The molecule has 4 nitrogen and oxygen atoms in total. The summed E-state index contributed by atoms with van der Waals surface area (Å²) in [6.07, 6.45) is 4.50. The van der Waals surface area contributed by atoms with Gasteiger partial charge >= 0.3 is 6.61 Å². The Labute approximate surface area is 121 Å². The highest BCUT2D eigenvalue weighted by atomic mass is 19.3. The lowest BCUT2D eigenvalue weighted by atomic mass is 10.1. The molecule has 0 aromatic heterocycles. The number of amides is 1. The van der Waals surface area contributed by atoms with Crippen LogP contribution in [0.5, 0.6) is 5.75 Å². The molecular weight excluding hydrogens is 280 g/mol. The maximum atomic E-state index is 12.1. The fraction of sp³-hybridized carbons (Fsp3) is 0.400. The standard InChI is InChI=1S/C15H17F2NO3/c16-15(17)21-13-3-1-2-10(7-13)8-14(20)18-12-5-4-11(6-12)9-19/h1-5,7,11-12,15,19H,6,8-9H2,(H,18,20)/t11-,12+/m0/s1. The van der Waals surface area contributed by atoms with E-state index in [0.29, 0.717) is 12.0 Å². The van der Waals surface area contributed by atoms with E-state index in [2.05, 4.69) is 10.1 Å². The highest BCUT2D eigenvalue weighted by Gasteiger charge is 2.19. The van der Waals surface area contributed by atoms with Crippen molar-refractivity contribution in [2.45, 2.75) is 25.5 Å². The van der Waals surface area contributed by atoms with Crippen LogP contribution >= 0.6 is 0 Å². The highest BCUT2D eigenvalue weighted by Crippen LogP contribution is 2.18. The second-order valence-electron chi connectivity index (χ2n) is 4.94. The van der Waals surface area contributed by atoms with Gasteiger partial charge < -0.3 is 15.2 Å². The van der Waals surface area contributed by atoms with E-state index in [1.54, 1.807) is 12.1 Å². The van der Waals surface area contributed by atoms with Crippen molar-refractivity contribution in [3.05, 3.63) is 42.0 Å². The lowest BCUT2D eigenvalue weighted by Crippen LogP contribution is -2.34. The predicted octanol–water partition coefficient (Wildman–Crippen LogP) is 1.88. The molecule has 0 heterocycles. The van der Waals surface area contributed by atoms with Crippen molar-refractivity contribution < 1.29 is 23.4 Å². The molecule has 2 atom stereocenters. The zero-order chi connectivity index (χ0) is 15.2. The Bertz CT molecular complexity index is 519. The van der Waals surface area contributed by atoms with Crippen LogP contribution in [0.1, 0.15) is 12.0 Å². The first kappa shape index (κ1) is 15.4. The summed E-state index contributed by atoms with van der Waals surface area (Å²) in [5.74, 6) is -0.0769. The number of carbonyl (C=O) groups excluding carboxylic acids is 1. The molecule has 0 fully saturated rings. The van der Waals surface area contributed by atoms with E-state index in [1.807, 2.05) is 12.2 Å². The Kier molecular flexibility index (Phi) is 5.27. The number of carbonyl (C=O) groups is 1. The second kappa shape index (κ2) is 7.17. The quantitative estimate of drug-likeness (QED) is 0.788. The van der Waals surface area contributed by atoms with Crippen LogP contribution < -0.4 is 10.1 Å². The first-order chi connectivity index (χ1) is 10.1. The molecule has 0 radical (unpaired) electrons. The molecule has 1 aromatic rings. The third kappa shape index (κ3) is 4.82. The van der Waals surface area contributed by atoms with Gasteiger partial charge in [0.05, 0.1) is 6.42 Å². The number of benzene rings is 1. The van der Waals surface area contributed by atoms with Gasteiger partial charge in [-0.2, -0.15) is 8.78 Å². The zero-order valence-corrected chi connectivity index (χ0v) is 11.3. The topological polar surface area (TPSA) is 58.6 Å². The molecule has 0 bridgehead atoms. The number of hydrogen-bond donors (Lipinski definition) is 2. The van der Waals surface area contributed by atoms with E-state index in [0.717, 1.165) is 0 Å². The van der Waals surface area contributed by atoms with Gasteiger partial charge in [-0.15, -0.1) is 0 Å². The van der Waals surface area contributed by atoms with Gasteiger partial charge in [-0.1, -0.05) is 24.3 Å². The monoisotopic (exact) mass is 297 g/mol. The molecule has 1 aliphatic carbocycles. The predicted molar refractivity (Wildman–Crippen MR) is 73.0 cm³/mol. The SMILES string of the molecule is O=C(Cc1cccc(OC(F)F)c1)N[C@@H]1C=C[C@H](CO)C1. The second-order valence-corrected chi connectivity index (χ2v) is 4.94. The van der Waals surface area contributed by atoms with Gasteiger partial charge in [-0.05, 0) is 24.1 Å². The van der Waals surface area contributed by atoms with Crippen molar-refractivity contribution in [2.24, 2.45) is 5.92 Å². The van der Waals surface area contributed by atoms with Gasteiger partial charge in [0.2, 0.25) is 5.91 Å². The maximum Gasteiger partial charge on any atom is 0.387 e. The smallest absolute Gasteiger partial charge is 0.387 e. The molecule has 0 spiro atoms. The molecule has 1 aromatic carbocycles. The summed E-state index contributed by atoms with van der Waals surface area (Å²) < 4.78 is 28.5. The van der Waals surface area contributed by atoms with Gasteiger partial charge in [0, 0.05) is 18.6 Å². The Hall–Kier alpha value is -1.95. The average Bonchev–Trinajstić information content (AvgIpc) is 2.85. The van der Waals surface area contributed by atoms with E-state index >= 15 is 0 Å². The van der Waals surface area contributed by atoms with E-state index in [1.165, 1.54) is 12.1 Å². The molecule has 6 heteroatoms. The minimum atomic E-state index is -2.88. The zero-order valence-electron chi connectivity index (χ0n) is 11.3. The van der Waals surface area contributed by atoms with Crippen molar-refractivity contribution in [1.29, 1.82) is 0 Å². The summed E-state index contributed by atoms with van der Waals surface area (Å²) in [6.45, 7) is -2.82. The largest absolute Gasteiger partial charge is 0.435 e. The number of ether oxygens (including phenoxy) is 1. The maximum absolute atomic E-state index is 12.1. The average molecular weight is 297 g/mol. The molecule has 21 heavy (non-hydrogen) atoms. The van der Waals surface area contributed by atoms with Crippen molar-refractivity contribution in [1.82, 2.24) is 5.32 Å². The fourth-order valence-electron chi connectivity index (χ4n) is 2.29. The van der Waals surface area contributed by atoms with E-state index < -0.39 is 6.61 Å². The van der Waals surface area contributed by atoms with Crippen LogP contribution in [0.15, 0.2) is 36.4 Å². The Balaban J connectivity index is 1.87. The molecule has 0 saturated carbocycles. The molecule has 114 valence electrons. The third-order valence-electron chi connectivity index (χ3n) is 3.24. The minimum Gasteiger partial charge on any atom is -0.435 e. The van der Waals surface area contributed by atoms with Crippen LogP contribution in [0.25, 0.3) is 0 Å². The molecule has 1 aliphatic rings. The number of nitrogens with one attached hydrogen (secondary N) is 1. The Morgan fingerprint density at radius 3 is 2.90 bits per heavy atom. The van der Waals surface area contributed by atoms with Crippen LogP contribution in [0.4, 0.5) is 8.78 Å². The van der Waals surface area contributed by atoms with Crippen molar-refractivity contribution >= 4 is 5.91 Å². The summed E-state index contributed by atoms with van der Waals surface area (Å²) in [4.78, 5) is 11.9. The van der Waals surface area contributed by atoms with E-state index in [9.17, 15) is 13.6 Å². The number of hydrogen-bond acceptors (Lipinski definition) is 3. The summed E-state index contributed by atoms with van der Waals surface area (Å²) in [6, 6.07) is 6.00. The van der Waals surface area contributed by atoms with Gasteiger partial charge in [-0.3, -0.25) is 4.79 Å². The van der Waals surface area contributed by atoms with Gasteiger partial charge in [0.1, 0.15) is 5.75 Å². The number of halogens is 2. The van der Waals surface area contributed by atoms with Crippen molar-refractivity contribution in [3.63, 3.8) is 0 Å². The number of alkyl halides is 2. The lowest BCUT2D eigenvalue weighted by Gasteiger charge is -2.13. The molecule has 0 aliphatic heterocycles. The van der Waals surface area contributed by atoms with Gasteiger partial charge in [-0.25, -0.2) is 0 Å². The fourth-order valence-corrected chi connectivity index (χ4v) is 2.29. The Morgan fingerprint density at radius 2 is 2.24 bits per heavy atom. The molecule has 0 saturated heterocycles. The minimum absolute atomic E-state index is 0.0383. The first-order valence-electron chi connectivity index (χ1n) is 6.69. The van der Waals surface area contributed by atoms with E-state index in [-0.39, 0.29) is 36.6 Å². The van der Waals surface area contributed by atoms with Crippen molar-refractivity contribution in [2.75, 3.05) is 6.61 Å². The first-order valence-corrected chi connectivity index (χ1v) is 6.69. The van der Waals surface area contributed by atoms with Crippen LogP contribution in [0.3, 0.4) is 0 Å². The van der Waals surface area contributed by atoms with Crippen LogP contribution in [0.2, 0.25) is 0 Å². The summed E-state index contributed by atoms with van der Waals surface area (Å²) >= 11 is 0. The molecule has 2 rings (SSSR count). The number of aliphatic hydroxyl groups is 1. The van der Waals surface area contributed by atoms with Crippen molar-refractivity contribution in [3.8, 4) is 5.75 Å². The van der Waals surface area contributed by atoms with Crippen LogP contribution in [-0.2, 0) is 11.2 Å². The molecule has 2 N–H and O–H groups in total. The van der Waals surface area contributed by atoms with Crippen LogP contribution in [-0.4, -0.2) is 30.3 Å². The summed E-state index contributed by atoms with van der Waals surface area (Å²) in [5.41, 5.74) is 0.603. The third-order valence-corrected chi connectivity index (χ3v) is 3.24.